The molecule has 2 N–H and O–H groups in total. The third-order valence-electron chi connectivity index (χ3n) is 4.09. The Bertz CT molecular complexity index is 849. The van der Waals surface area contributed by atoms with Crippen LogP contribution in [0, 0.1) is 5.82 Å². The Morgan fingerprint density at radius 1 is 1.04 bits per heavy atom. The zero-order chi connectivity index (χ0) is 18.4. The first-order valence-corrected chi connectivity index (χ1v) is 8.42. The SMILES string of the molecule is C[C@@H](NCc1ccccn1)c1ccc(NC(=O)c2ccc(F)cc2)cc1. The maximum absolute atomic E-state index is 12.9. The fourth-order valence-corrected chi connectivity index (χ4v) is 2.54. The highest BCUT2D eigenvalue weighted by Crippen LogP contribution is 2.17. The molecule has 4 nitrogen and oxygen atoms in total. The summed E-state index contributed by atoms with van der Waals surface area (Å²) in [7, 11) is 0. The number of aromatic nitrogens is 1. The van der Waals surface area contributed by atoms with Gasteiger partial charge in [-0.15, -0.1) is 0 Å². The number of halogens is 1. The van der Waals surface area contributed by atoms with Crippen LogP contribution in [-0.4, -0.2) is 10.9 Å². The van der Waals surface area contributed by atoms with Gasteiger partial charge in [-0.2, -0.15) is 0 Å². The summed E-state index contributed by atoms with van der Waals surface area (Å²) in [4.78, 5) is 16.4. The molecule has 1 atom stereocenters. The standard InChI is InChI=1S/C21H20FN3O/c1-15(24-14-20-4-2-3-13-23-20)16-7-11-19(12-8-16)25-21(26)17-5-9-18(22)10-6-17/h2-13,15,24H,14H2,1H3,(H,25,26)/t15-/m1/s1. The number of hydrogen-bond acceptors (Lipinski definition) is 3. The van der Waals surface area contributed by atoms with E-state index in [1.165, 1.54) is 24.3 Å². The van der Waals surface area contributed by atoms with Crippen LogP contribution in [0.4, 0.5) is 10.1 Å². The minimum Gasteiger partial charge on any atom is -0.322 e. The summed E-state index contributed by atoms with van der Waals surface area (Å²) < 4.78 is 12.9. The monoisotopic (exact) mass is 349 g/mol. The minimum atomic E-state index is -0.363. The van der Waals surface area contributed by atoms with E-state index in [9.17, 15) is 9.18 Å². The van der Waals surface area contributed by atoms with Gasteiger partial charge < -0.3 is 10.6 Å². The van der Waals surface area contributed by atoms with Crippen LogP contribution < -0.4 is 10.6 Å². The number of hydrogen-bond donors (Lipinski definition) is 2. The molecule has 0 saturated heterocycles. The molecule has 3 aromatic rings. The Morgan fingerprint density at radius 2 is 1.77 bits per heavy atom. The second-order valence-electron chi connectivity index (χ2n) is 6.01. The molecule has 1 aromatic heterocycles. The van der Waals surface area contributed by atoms with Crippen molar-refractivity contribution in [3.63, 3.8) is 0 Å². The zero-order valence-corrected chi connectivity index (χ0v) is 14.4. The first kappa shape index (κ1) is 17.8. The molecule has 0 fully saturated rings. The van der Waals surface area contributed by atoms with Crippen molar-refractivity contribution in [2.75, 3.05) is 5.32 Å². The lowest BCUT2D eigenvalue weighted by Gasteiger charge is -2.15. The normalized spacial score (nSPS) is 11.8. The van der Waals surface area contributed by atoms with E-state index in [1.54, 1.807) is 6.20 Å². The third kappa shape index (κ3) is 4.74. The molecule has 0 unspecified atom stereocenters. The molecule has 0 spiro atoms. The quantitative estimate of drug-likeness (QED) is 0.697. The number of rotatable bonds is 6. The van der Waals surface area contributed by atoms with E-state index in [0.29, 0.717) is 17.8 Å². The van der Waals surface area contributed by atoms with E-state index in [2.05, 4.69) is 22.5 Å². The van der Waals surface area contributed by atoms with Crippen LogP contribution in [0.1, 0.15) is 34.6 Å². The second kappa shape index (κ2) is 8.36. The van der Waals surface area contributed by atoms with Gasteiger partial charge in [-0.3, -0.25) is 9.78 Å². The zero-order valence-electron chi connectivity index (χ0n) is 14.4. The Hall–Kier alpha value is -3.05. The van der Waals surface area contributed by atoms with Gasteiger partial charge in [0.15, 0.2) is 0 Å². The molecule has 2 aromatic carbocycles. The van der Waals surface area contributed by atoms with Crippen LogP contribution in [0.5, 0.6) is 0 Å². The van der Waals surface area contributed by atoms with Crippen molar-refractivity contribution < 1.29 is 9.18 Å². The molecular weight excluding hydrogens is 329 g/mol. The van der Waals surface area contributed by atoms with Gasteiger partial charge in [-0.1, -0.05) is 18.2 Å². The number of anilines is 1. The number of carbonyl (C=O) groups is 1. The summed E-state index contributed by atoms with van der Waals surface area (Å²) in [5.41, 5.74) is 3.21. The molecule has 0 bridgehead atoms. The lowest BCUT2D eigenvalue weighted by atomic mass is 10.1. The topological polar surface area (TPSA) is 54.0 Å². The molecule has 1 heterocycles. The number of amides is 1. The van der Waals surface area contributed by atoms with Gasteiger partial charge in [0.05, 0.1) is 5.69 Å². The number of nitrogens with one attached hydrogen (secondary N) is 2. The van der Waals surface area contributed by atoms with E-state index in [4.69, 9.17) is 0 Å². The fourth-order valence-electron chi connectivity index (χ4n) is 2.54. The summed E-state index contributed by atoms with van der Waals surface area (Å²) in [6.07, 6.45) is 1.78. The molecular formula is C21H20FN3O. The summed E-state index contributed by atoms with van der Waals surface area (Å²) in [5, 5.41) is 6.23. The van der Waals surface area contributed by atoms with Gasteiger partial charge in [0.1, 0.15) is 5.82 Å². The van der Waals surface area contributed by atoms with Crippen LogP contribution in [0.2, 0.25) is 0 Å². The van der Waals surface area contributed by atoms with Gasteiger partial charge in [0.2, 0.25) is 0 Å². The van der Waals surface area contributed by atoms with Gasteiger partial charge in [-0.05, 0) is 61.0 Å². The number of pyridine rings is 1. The molecule has 1 amide bonds. The largest absolute Gasteiger partial charge is 0.322 e. The van der Waals surface area contributed by atoms with Crippen molar-refractivity contribution >= 4 is 11.6 Å². The van der Waals surface area contributed by atoms with E-state index < -0.39 is 0 Å². The maximum Gasteiger partial charge on any atom is 0.255 e. The first-order chi connectivity index (χ1) is 12.6. The number of nitrogens with zero attached hydrogens (tertiary/aromatic N) is 1. The van der Waals surface area contributed by atoms with Crippen LogP contribution in [0.15, 0.2) is 72.9 Å². The molecule has 3 rings (SSSR count). The molecule has 0 aliphatic carbocycles. The predicted molar refractivity (Wildman–Crippen MR) is 100 cm³/mol. The van der Waals surface area contributed by atoms with Crippen LogP contribution in [0.3, 0.4) is 0 Å². The lowest BCUT2D eigenvalue weighted by Crippen LogP contribution is -2.18. The Balaban J connectivity index is 1.57. The molecule has 0 aliphatic heterocycles. The molecule has 26 heavy (non-hydrogen) atoms. The van der Waals surface area contributed by atoms with Crippen LogP contribution >= 0.6 is 0 Å². The van der Waals surface area contributed by atoms with Crippen molar-refractivity contribution in [1.82, 2.24) is 10.3 Å². The summed E-state index contributed by atoms with van der Waals surface area (Å²) in [6.45, 7) is 2.76. The highest BCUT2D eigenvalue weighted by atomic mass is 19.1. The molecule has 0 aliphatic rings. The lowest BCUT2D eigenvalue weighted by molar-refractivity contribution is 0.102. The van der Waals surface area contributed by atoms with Crippen molar-refractivity contribution in [1.29, 1.82) is 0 Å². The van der Waals surface area contributed by atoms with E-state index in [-0.39, 0.29) is 17.8 Å². The molecule has 0 saturated carbocycles. The smallest absolute Gasteiger partial charge is 0.255 e. The maximum atomic E-state index is 12.9. The van der Waals surface area contributed by atoms with Gasteiger partial charge in [0, 0.05) is 30.0 Å². The highest BCUT2D eigenvalue weighted by Gasteiger charge is 2.08. The van der Waals surface area contributed by atoms with E-state index >= 15 is 0 Å². The van der Waals surface area contributed by atoms with Crippen LogP contribution in [-0.2, 0) is 6.54 Å². The van der Waals surface area contributed by atoms with Gasteiger partial charge in [-0.25, -0.2) is 4.39 Å². The molecule has 132 valence electrons. The van der Waals surface area contributed by atoms with Crippen molar-refractivity contribution in [3.05, 3.63) is 95.6 Å². The highest BCUT2D eigenvalue weighted by molar-refractivity contribution is 6.04. The number of carbonyl (C=O) groups excluding carboxylic acids is 1. The van der Waals surface area contributed by atoms with Gasteiger partial charge >= 0.3 is 0 Å². The Kier molecular flexibility index (Phi) is 5.71. The third-order valence-corrected chi connectivity index (χ3v) is 4.09. The van der Waals surface area contributed by atoms with Crippen molar-refractivity contribution in [2.24, 2.45) is 0 Å². The minimum absolute atomic E-state index is 0.152. The predicted octanol–water partition coefficient (Wildman–Crippen LogP) is 4.32. The first-order valence-electron chi connectivity index (χ1n) is 8.42. The van der Waals surface area contributed by atoms with Gasteiger partial charge in [0.25, 0.3) is 5.91 Å². The average Bonchev–Trinajstić information content (AvgIpc) is 2.68. The molecule has 0 radical (unpaired) electrons. The Morgan fingerprint density at radius 3 is 2.42 bits per heavy atom. The summed E-state index contributed by atoms with van der Waals surface area (Å²) >= 11 is 0. The van der Waals surface area contributed by atoms with Crippen molar-refractivity contribution in [2.45, 2.75) is 19.5 Å². The summed E-state index contributed by atoms with van der Waals surface area (Å²) in [6, 6.07) is 19.1. The Labute approximate surface area is 152 Å². The van der Waals surface area contributed by atoms with E-state index in [0.717, 1.165) is 11.3 Å². The van der Waals surface area contributed by atoms with E-state index in [1.807, 2.05) is 42.5 Å². The second-order valence-corrected chi connectivity index (χ2v) is 6.01. The summed E-state index contributed by atoms with van der Waals surface area (Å²) in [5.74, 6) is -0.628. The molecule has 5 heteroatoms. The van der Waals surface area contributed by atoms with Crippen LogP contribution in [0.25, 0.3) is 0 Å². The average molecular weight is 349 g/mol. The fraction of sp³-hybridized carbons (Fsp3) is 0.143. The van der Waals surface area contributed by atoms with Crippen molar-refractivity contribution in [3.8, 4) is 0 Å². The number of benzene rings is 2.